The lowest BCUT2D eigenvalue weighted by Gasteiger charge is -2.34. The lowest BCUT2D eigenvalue weighted by Crippen LogP contribution is -2.55. The van der Waals surface area contributed by atoms with E-state index in [0.29, 0.717) is 17.9 Å². The summed E-state index contributed by atoms with van der Waals surface area (Å²) in [6, 6.07) is 21.4. The van der Waals surface area contributed by atoms with Crippen molar-refractivity contribution in [3.8, 4) is 5.75 Å². The van der Waals surface area contributed by atoms with E-state index in [9.17, 15) is 18.0 Å². The van der Waals surface area contributed by atoms with Gasteiger partial charge in [0.1, 0.15) is 18.3 Å². The summed E-state index contributed by atoms with van der Waals surface area (Å²) < 4.78 is 34.0. The van der Waals surface area contributed by atoms with Gasteiger partial charge in [-0.25, -0.2) is 8.42 Å². The smallest absolute Gasteiger partial charge is 0.264 e. The molecule has 1 N–H and O–H groups in total. The van der Waals surface area contributed by atoms with Crippen molar-refractivity contribution in [2.75, 3.05) is 18.0 Å². The molecule has 0 saturated carbocycles. The van der Waals surface area contributed by atoms with Gasteiger partial charge in [0.15, 0.2) is 0 Å². The van der Waals surface area contributed by atoms with E-state index in [1.807, 2.05) is 58.9 Å². The van der Waals surface area contributed by atoms with E-state index in [1.54, 1.807) is 42.5 Å². The Morgan fingerprint density at radius 1 is 0.925 bits per heavy atom. The summed E-state index contributed by atoms with van der Waals surface area (Å²) in [6.45, 7) is 9.10. The zero-order valence-corrected chi connectivity index (χ0v) is 24.9. The van der Waals surface area contributed by atoms with E-state index in [2.05, 4.69) is 5.32 Å². The first kappa shape index (κ1) is 30.7. The second kappa shape index (κ2) is 13.0. The summed E-state index contributed by atoms with van der Waals surface area (Å²) in [4.78, 5) is 29.0. The Morgan fingerprint density at radius 2 is 1.52 bits per heavy atom. The van der Waals surface area contributed by atoms with E-state index in [-0.39, 0.29) is 17.3 Å². The van der Waals surface area contributed by atoms with Crippen molar-refractivity contribution in [3.05, 3.63) is 90.0 Å². The van der Waals surface area contributed by atoms with Gasteiger partial charge in [0, 0.05) is 12.1 Å². The molecule has 0 radical (unpaired) electrons. The Balaban J connectivity index is 2.06. The number of ether oxygens (including phenoxy) is 1. The van der Waals surface area contributed by atoms with Crippen molar-refractivity contribution in [2.45, 2.75) is 64.1 Å². The molecule has 0 fully saturated rings. The van der Waals surface area contributed by atoms with Crippen LogP contribution in [0.4, 0.5) is 5.69 Å². The van der Waals surface area contributed by atoms with E-state index < -0.39 is 34.1 Å². The third kappa shape index (κ3) is 7.85. The molecule has 9 heteroatoms. The van der Waals surface area contributed by atoms with Crippen LogP contribution in [0.1, 0.15) is 45.2 Å². The molecular formula is C31H39N3O5S. The second-order valence-electron chi connectivity index (χ2n) is 10.7. The zero-order valence-electron chi connectivity index (χ0n) is 24.0. The van der Waals surface area contributed by atoms with Crippen molar-refractivity contribution in [1.29, 1.82) is 0 Å². The molecule has 0 aromatic heterocycles. The highest BCUT2D eigenvalue weighted by molar-refractivity contribution is 7.92. The number of carbonyl (C=O) groups excluding carboxylic acids is 2. The van der Waals surface area contributed by atoms with Gasteiger partial charge >= 0.3 is 0 Å². The fourth-order valence-electron chi connectivity index (χ4n) is 4.26. The van der Waals surface area contributed by atoms with E-state index in [1.165, 1.54) is 24.1 Å². The molecule has 40 heavy (non-hydrogen) atoms. The highest BCUT2D eigenvalue weighted by Crippen LogP contribution is 2.27. The number of benzene rings is 3. The van der Waals surface area contributed by atoms with Gasteiger partial charge in [-0.2, -0.15) is 0 Å². The van der Waals surface area contributed by atoms with Crippen LogP contribution >= 0.6 is 0 Å². The average Bonchev–Trinajstić information content (AvgIpc) is 2.92. The third-order valence-corrected chi connectivity index (χ3v) is 8.12. The maximum absolute atomic E-state index is 14.1. The second-order valence-corrected chi connectivity index (χ2v) is 12.6. The predicted octanol–water partition coefficient (Wildman–Crippen LogP) is 4.92. The number of methoxy groups -OCH3 is 1. The highest BCUT2D eigenvalue weighted by Gasteiger charge is 2.34. The molecule has 8 nitrogen and oxygen atoms in total. The summed E-state index contributed by atoms with van der Waals surface area (Å²) in [5.41, 5.74) is 1.71. The third-order valence-electron chi connectivity index (χ3n) is 6.33. The van der Waals surface area contributed by atoms with Gasteiger partial charge in [-0.1, -0.05) is 55.0 Å². The highest BCUT2D eigenvalue weighted by atomic mass is 32.2. The molecule has 0 saturated heterocycles. The molecule has 0 bridgehead atoms. The van der Waals surface area contributed by atoms with Crippen LogP contribution in [0.3, 0.4) is 0 Å². The fourth-order valence-corrected chi connectivity index (χ4v) is 5.69. The standard InChI is InChI=1S/C31H39N3O5S/c1-7-28(30(36)32-31(3,4)5)33(21-24-15-13-23(2)14-16-24)29(35)22-34(25-17-19-26(39-6)20-18-25)40(37,38)27-11-9-8-10-12-27/h8-20,28H,7,21-22H2,1-6H3,(H,32,36)/t28-/m1/s1. The number of sulfonamides is 1. The molecule has 0 aliphatic carbocycles. The number of amides is 2. The number of nitrogens with one attached hydrogen (secondary N) is 1. The van der Waals surface area contributed by atoms with Crippen LogP contribution in [0.15, 0.2) is 83.8 Å². The summed E-state index contributed by atoms with van der Waals surface area (Å²) in [5.74, 6) is -0.234. The minimum absolute atomic E-state index is 0.0567. The topological polar surface area (TPSA) is 96.0 Å². The van der Waals surface area contributed by atoms with Crippen molar-refractivity contribution < 1.29 is 22.7 Å². The van der Waals surface area contributed by atoms with E-state index in [0.717, 1.165) is 15.4 Å². The molecule has 0 aliphatic heterocycles. The fraction of sp³-hybridized carbons (Fsp3) is 0.355. The molecule has 3 aromatic carbocycles. The number of carbonyl (C=O) groups is 2. The van der Waals surface area contributed by atoms with Gasteiger partial charge in [-0.05, 0) is 76.1 Å². The Labute approximate surface area is 238 Å². The molecule has 0 spiro atoms. The monoisotopic (exact) mass is 565 g/mol. The first-order valence-electron chi connectivity index (χ1n) is 13.2. The Morgan fingerprint density at radius 3 is 2.05 bits per heavy atom. The first-order valence-corrected chi connectivity index (χ1v) is 14.7. The van der Waals surface area contributed by atoms with Crippen LogP contribution in [0.5, 0.6) is 5.75 Å². The van der Waals surface area contributed by atoms with Gasteiger partial charge in [-0.15, -0.1) is 0 Å². The predicted molar refractivity (Wildman–Crippen MR) is 158 cm³/mol. The largest absolute Gasteiger partial charge is 0.497 e. The quantitative estimate of drug-likeness (QED) is 0.356. The minimum atomic E-state index is -4.12. The lowest BCUT2D eigenvalue weighted by atomic mass is 10.1. The van der Waals surface area contributed by atoms with Crippen molar-refractivity contribution in [3.63, 3.8) is 0 Å². The van der Waals surface area contributed by atoms with Gasteiger partial charge in [0.25, 0.3) is 10.0 Å². The van der Waals surface area contributed by atoms with E-state index >= 15 is 0 Å². The summed E-state index contributed by atoms with van der Waals surface area (Å²) in [6.07, 6.45) is 0.355. The number of hydrogen-bond acceptors (Lipinski definition) is 5. The maximum atomic E-state index is 14.1. The Hall–Kier alpha value is -3.85. The number of hydrogen-bond donors (Lipinski definition) is 1. The molecule has 3 aromatic rings. The van der Waals surface area contributed by atoms with Crippen LogP contribution < -0.4 is 14.4 Å². The lowest BCUT2D eigenvalue weighted by molar-refractivity contribution is -0.141. The van der Waals surface area contributed by atoms with Gasteiger partial charge in [0.2, 0.25) is 11.8 Å². The maximum Gasteiger partial charge on any atom is 0.264 e. The van der Waals surface area contributed by atoms with Gasteiger partial charge in [-0.3, -0.25) is 13.9 Å². The van der Waals surface area contributed by atoms with Crippen LogP contribution in [-0.4, -0.2) is 50.4 Å². The Kier molecular flexibility index (Phi) is 9.98. The number of anilines is 1. The van der Waals surface area contributed by atoms with E-state index in [4.69, 9.17) is 4.74 Å². The molecule has 1 atom stereocenters. The zero-order chi connectivity index (χ0) is 29.5. The van der Waals surface area contributed by atoms with Gasteiger partial charge < -0.3 is 15.0 Å². The molecule has 2 amide bonds. The Bertz CT molecular complexity index is 1380. The average molecular weight is 566 g/mol. The van der Waals surface area contributed by atoms with Crippen molar-refractivity contribution >= 4 is 27.5 Å². The van der Waals surface area contributed by atoms with Crippen LogP contribution in [-0.2, 0) is 26.2 Å². The number of rotatable bonds is 11. The SMILES string of the molecule is CC[C@H](C(=O)NC(C)(C)C)N(Cc1ccc(C)cc1)C(=O)CN(c1ccc(OC)cc1)S(=O)(=O)c1ccccc1. The summed E-state index contributed by atoms with van der Waals surface area (Å²) >= 11 is 0. The minimum Gasteiger partial charge on any atom is -0.497 e. The molecule has 214 valence electrons. The van der Waals surface area contributed by atoms with Gasteiger partial charge in [0.05, 0.1) is 17.7 Å². The van der Waals surface area contributed by atoms with Crippen LogP contribution in [0.25, 0.3) is 0 Å². The molecule has 0 aliphatic rings. The summed E-state index contributed by atoms with van der Waals surface area (Å²) in [7, 11) is -2.60. The molecular weight excluding hydrogens is 526 g/mol. The van der Waals surface area contributed by atoms with Crippen LogP contribution in [0.2, 0.25) is 0 Å². The summed E-state index contributed by atoms with van der Waals surface area (Å²) in [5, 5.41) is 2.98. The molecule has 0 heterocycles. The van der Waals surface area contributed by atoms with Crippen molar-refractivity contribution in [1.82, 2.24) is 10.2 Å². The first-order chi connectivity index (χ1) is 18.9. The van der Waals surface area contributed by atoms with Crippen LogP contribution in [0, 0.1) is 6.92 Å². The normalized spacial score (nSPS) is 12.3. The molecule has 3 rings (SSSR count). The number of nitrogens with zero attached hydrogens (tertiary/aromatic N) is 2. The van der Waals surface area contributed by atoms with Crippen molar-refractivity contribution in [2.24, 2.45) is 0 Å². The number of aryl methyl sites for hydroxylation is 1. The molecule has 0 unspecified atom stereocenters.